The van der Waals surface area contributed by atoms with Crippen LogP contribution in [0.2, 0.25) is 0 Å². The lowest BCUT2D eigenvalue weighted by molar-refractivity contribution is -0.441. The molecule has 0 aliphatic heterocycles. The van der Waals surface area contributed by atoms with E-state index < -0.39 is 0 Å². The Labute approximate surface area is 111 Å². The number of fused-ring (bicyclic) bond motifs is 1. The number of rotatable bonds is 1. The molecule has 0 fully saturated rings. The lowest BCUT2D eigenvalue weighted by atomic mass is 9.79. The summed E-state index contributed by atoms with van der Waals surface area (Å²) in [6, 6.07) is 4.62. The fourth-order valence-electron chi connectivity index (χ4n) is 2.73. The minimum absolute atomic E-state index is 0. The molecule has 1 aromatic carbocycles. The van der Waals surface area contributed by atoms with Crippen molar-refractivity contribution in [2.75, 3.05) is 0 Å². The minimum Gasteiger partial charge on any atom is -1.00 e. The number of halogens is 1. The summed E-state index contributed by atoms with van der Waals surface area (Å²) in [5, 5.41) is 0. The molecule has 1 aliphatic carbocycles. The molecule has 0 saturated heterocycles. The first-order valence-electron chi connectivity index (χ1n) is 6.06. The molecule has 1 aliphatic rings. The maximum Gasteiger partial charge on any atom is 0.115 e. The van der Waals surface area contributed by atoms with Crippen LogP contribution in [-0.4, -0.2) is 5.54 Å². The highest BCUT2D eigenvalue weighted by Gasteiger charge is 2.28. The molecule has 17 heavy (non-hydrogen) atoms. The summed E-state index contributed by atoms with van der Waals surface area (Å²) < 4.78 is 0. The van der Waals surface area contributed by atoms with Gasteiger partial charge in [0.1, 0.15) is 5.54 Å². The second kappa shape index (κ2) is 4.83. The molecule has 1 aromatic rings. The van der Waals surface area contributed by atoms with E-state index in [1.165, 1.54) is 34.2 Å². The molecule has 2 rings (SSSR count). The van der Waals surface area contributed by atoms with Crippen molar-refractivity contribution in [1.82, 2.24) is 0 Å². The van der Waals surface area contributed by atoms with E-state index in [4.69, 9.17) is 0 Å². The quantitative estimate of drug-likeness (QED) is 0.707. The summed E-state index contributed by atoms with van der Waals surface area (Å²) in [6.45, 7) is 8.80. The van der Waals surface area contributed by atoms with E-state index in [-0.39, 0.29) is 17.9 Å². The molecular formula is C15H22ClN. The van der Waals surface area contributed by atoms with E-state index in [1.807, 2.05) is 0 Å². The van der Waals surface area contributed by atoms with Crippen molar-refractivity contribution in [1.29, 1.82) is 0 Å². The zero-order valence-electron chi connectivity index (χ0n) is 11.2. The summed E-state index contributed by atoms with van der Waals surface area (Å²) in [5.74, 6) is 0. The molecule has 0 bridgehead atoms. The van der Waals surface area contributed by atoms with Crippen LogP contribution in [0.4, 0.5) is 0 Å². The molecule has 0 saturated carbocycles. The van der Waals surface area contributed by atoms with Gasteiger partial charge in [-0.05, 0) is 57.2 Å². The number of allylic oxidation sites excluding steroid dienone is 1. The maximum atomic E-state index is 4.29. The van der Waals surface area contributed by atoms with Gasteiger partial charge in [0.05, 0.1) is 0 Å². The third-order valence-electron chi connectivity index (χ3n) is 3.32. The molecule has 0 radical (unpaired) electrons. The highest BCUT2D eigenvalue weighted by molar-refractivity contribution is 5.77. The monoisotopic (exact) mass is 251 g/mol. The average Bonchev–Trinajstić information content (AvgIpc) is 2.14. The Morgan fingerprint density at radius 1 is 1.18 bits per heavy atom. The minimum atomic E-state index is 0. The lowest BCUT2D eigenvalue weighted by Gasteiger charge is -2.27. The summed E-state index contributed by atoms with van der Waals surface area (Å²) in [6.07, 6.45) is 4.71. The summed E-state index contributed by atoms with van der Waals surface area (Å²) in [7, 11) is 0. The van der Waals surface area contributed by atoms with E-state index in [2.05, 4.69) is 51.6 Å². The third-order valence-corrected chi connectivity index (χ3v) is 3.32. The zero-order valence-corrected chi connectivity index (χ0v) is 12.0. The van der Waals surface area contributed by atoms with E-state index >= 15 is 0 Å². The molecule has 0 heterocycles. The number of hydrogen-bond acceptors (Lipinski definition) is 0. The van der Waals surface area contributed by atoms with Crippen molar-refractivity contribution in [3.05, 3.63) is 40.5 Å². The summed E-state index contributed by atoms with van der Waals surface area (Å²) in [4.78, 5) is 0. The van der Waals surface area contributed by atoms with Crippen LogP contribution < -0.4 is 18.1 Å². The van der Waals surface area contributed by atoms with Crippen molar-refractivity contribution < 1.29 is 18.1 Å². The standard InChI is InChI=1S/C15H21N.ClH/c1-10-8-11(2)14-12(9-10)6-5-7-13(14)15(3,4)16;/h7-9H,5-6,16H2,1-4H3;1H. The number of hydrogen-bond donors (Lipinski definition) is 1. The van der Waals surface area contributed by atoms with Gasteiger partial charge in [-0.15, -0.1) is 0 Å². The number of quaternary nitrogens is 1. The van der Waals surface area contributed by atoms with Crippen molar-refractivity contribution >= 4 is 5.57 Å². The van der Waals surface area contributed by atoms with E-state index in [0.29, 0.717) is 0 Å². The van der Waals surface area contributed by atoms with Crippen LogP contribution in [-0.2, 0) is 6.42 Å². The molecule has 0 spiro atoms. The van der Waals surface area contributed by atoms with Gasteiger partial charge in [-0.25, -0.2) is 0 Å². The fourth-order valence-corrected chi connectivity index (χ4v) is 2.73. The van der Waals surface area contributed by atoms with Crippen LogP contribution >= 0.6 is 0 Å². The third kappa shape index (κ3) is 2.72. The van der Waals surface area contributed by atoms with Crippen molar-refractivity contribution in [2.45, 2.75) is 46.1 Å². The fraction of sp³-hybridized carbons (Fsp3) is 0.467. The topological polar surface area (TPSA) is 27.6 Å². The van der Waals surface area contributed by atoms with Crippen molar-refractivity contribution in [3.8, 4) is 0 Å². The summed E-state index contributed by atoms with van der Waals surface area (Å²) >= 11 is 0. The van der Waals surface area contributed by atoms with E-state index in [1.54, 1.807) is 0 Å². The molecule has 0 aromatic heterocycles. The predicted molar refractivity (Wildman–Crippen MR) is 69.2 cm³/mol. The molecule has 0 unspecified atom stereocenters. The Bertz CT molecular complexity index is 453. The predicted octanol–water partition coefficient (Wildman–Crippen LogP) is -0.342. The molecule has 94 valence electrons. The second-order valence-electron chi connectivity index (χ2n) is 5.66. The van der Waals surface area contributed by atoms with Crippen LogP contribution in [0.25, 0.3) is 5.57 Å². The van der Waals surface area contributed by atoms with Crippen molar-refractivity contribution in [2.24, 2.45) is 0 Å². The highest BCUT2D eigenvalue weighted by Crippen LogP contribution is 2.34. The first-order valence-corrected chi connectivity index (χ1v) is 6.06. The van der Waals surface area contributed by atoms with Gasteiger partial charge in [0, 0.05) is 5.57 Å². The SMILES string of the molecule is Cc1cc(C)c2c(c1)CCC=C2C(C)(C)[NH3+].[Cl-]. The molecule has 1 nitrogen and oxygen atoms in total. The van der Waals surface area contributed by atoms with Crippen LogP contribution in [0, 0.1) is 13.8 Å². The maximum absolute atomic E-state index is 4.29. The van der Waals surface area contributed by atoms with Gasteiger partial charge in [-0.3, -0.25) is 0 Å². The average molecular weight is 252 g/mol. The first-order chi connectivity index (χ1) is 7.39. The lowest BCUT2D eigenvalue weighted by Crippen LogP contribution is -3.00. The Morgan fingerprint density at radius 3 is 2.41 bits per heavy atom. The van der Waals surface area contributed by atoms with E-state index in [9.17, 15) is 0 Å². The molecule has 2 heteroatoms. The molecular weight excluding hydrogens is 230 g/mol. The summed E-state index contributed by atoms with van der Waals surface area (Å²) in [5.41, 5.74) is 11.5. The number of benzene rings is 1. The van der Waals surface area contributed by atoms with Crippen LogP contribution in [0.3, 0.4) is 0 Å². The Kier molecular flexibility index (Phi) is 4.06. The normalized spacial score (nSPS) is 14.8. The van der Waals surface area contributed by atoms with Gasteiger partial charge < -0.3 is 18.1 Å². The smallest absolute Gasteiger partial charge is 0.115 e. The molecule has 0 amide bonds. The Morgan fingerprint density at radius 2 is 1.82 bits per heavy atom. The molecule has 3 N–H and O–H groups in total. The van der Waals surface area contributed by atoms with Gasteiger partial charge in [0.2, 0.25) is 0 Å². The second-order valence-corrected chi connectivity index (χ2v) is 5.66. The van der Waals surface area contributed by atoms with Crippen LogP contribution in [0.15, 0.2) is 18.2 Å². The van der Waals surface area contributed by atoms with Crippen LogP contribution in [0.1, 0.15) is 42.5 Å². The number of aryl methyl sites for hydroxylation is 3. The largest absolute Gasteiger partial charge is 1.00 e. The van der Waals surface area contributed by atoms with Crippen LogP contribution in [0.5, 0.6) is 0 Å². The zero-order chi connectivity index (χ0) is 11.9. The van der Waals surface area contributed by atoms with Gasteiger partial charge >= 0.3 is 0 Å². The van der Waals surface area contributed by atoms with Gasteiger partial charge in [-0.2, -0.15) is 0 Å². The Hall–Kier alpha value is -0.790. The van der Waals surface area contributed by atoms with Gasteiger partial charge in [-0.1, -0.05) is 23.8 Å². The Balaban J connectivity index is 0.00000144. The first kappa shape index (κ1) is 14.3. The van der Waals surface area contributed by atoms with E-state index in [0.717, 1.165) is 6.42 Å². The van der Waals surface area contributed by atoms with Gasteiger partial charge in [0.25, 0.3) is 0 Å². The molecule has 0 atom stereocenters. The van der Waals surface area contributed by atoms with Crippen molar-refractivity contribution in [3.63, 3.8) is 0 Å². The van der Waals surface area contributed by atoms with Gasteiger partial charge in [0.15, 0.2) is 0 Å². The highest BCUT2D eigenvalue weighted by atomic mass is 35.5.